The van der Waals surface area contributed by atoms with Crippen molar-refractivity contribution in [1.82, 2.24) is 29.5 Å². The van der Waals surface area contributed by atoms with Gasteiger partial charge in [0.15, 0.2) is 0 Å². The number of H-pyrrole nitrogens is 1. The fourth-order valence-electron chi connectivity index (χ4n) is 3.24. The molecular weight excluding hydrogens is 358 g/mol. The number of fused-ring (bicyclic) bond motifs is 1. The Morgan fingerprint density at radius 2 is 1.81 bits per heavy atom. The summed E-state index contributed by atoms with van der Waals surface area (Å²) in [6, 6.07) is 0.828. The zero-order valence-electron chi connectivity index (χ0n) is 14.9. The maximum absolute atomic E-state index is 12.9. The molecule has 11 heteroatoms. The van der Waals surface area contributed by atoms with Crippen molar-refractivity contribution in [2.45, 2.75) is 20.3 Å². The van der Waals surface area contributed by atoms with Gasteiger partial charge in [0.25, 0.3) is 17.8 Å². The van der Waals surface area contributed by atoms with Crippen molar-refractivity contribution in [3.05, 3.63) is 39.7 Å². The number of nitrogens with one attached hydrogen (secondary N) is 1. The third-order valence-electron chi connectivity index (χ3n) is 4.73. The number of aromatic nitrogens is 6. The lowest BCUT2D eigenvalue weighted by molar-refractivity contribution is 0.146. The van der Waals surface area contributed by atoms with Gasteiger partial charge in [-0.2, -0.15) is 14.6 Å². The maximum Gasteiger partial charge on any atom is 0.280 e. The van der Waals surface area contributed by atoms with Crippen LogP contribution in [0.3, 0.4) is 0 Å². The first-order chi connectivity index (χ1) is 12.9. The first-order valence-corrected chi connectivity index (χ1v) is 8.50. The van der Waals surface area contributed by atoms with Crippen LogP contribution in [0.2, 0.25) is 0 Å². The lowest BCUT2D eigenvalue weighted by atomic mass is 10.2. The quantitative estimate of drug-likeness (QED) is 0.731. The van der Waals surface area contributed by atoms with E-state index in [-0.39, 0.29) is 5.95 Å². The molecule has 1 N–H and O–H groups in total. The molecule has 1 aliphatic heterocycles. The Morgan fingerprint density at radius 1 is 1.11 bits per heavy atom. The summed E-state index contributed by atoms with van der Waals surface area (Å²) in [6.07, 6.45) is -1.32. The molecule has 0 aromatic carbocycles. The summed E-state index contributed by atoms with van der Waals surface area (Å²) in [5.74, 6) is 1.62. The summed E-state index contributed by atoms with van der Waals surface area (Å²) in [5, 5.41) is 4.26. The van der Waals surface area contributed by atoms with Crippen LogP contribution in [-0.2, 0) is 0 Å². The molecule has 0 spiro atoms. The van der Waals surface area contributed by atoms with Gasteiger partial charge in [-0.25, -0.2) is 18.7 Å². The Kier molecular flexibility index (Phi) is 4.21. The predicted molar refractivity (Wildman–Crippen MR) is 94.5 cm³/mol. The van der Waals surface area contributed by atoms with Gasteiger partial charge in [-0.3, -0.25) is 9.78 Å². The van der Waals surface area contributed by atoms with Crippen molar-refractivity contribution in [3.63, 3.8) is 0 Å². The molecular formula is C16H18F2N8O. The fraction of sp³-hybridized carbons (Fsp3) is 0.438. The number of anilines is 2. The molecule has 0 aliphatic carbocycles. The van der Waals surface area contributed by atoms with E-state index >= 15 is 0 Å². The van der Waals surface area contributed by atoms with Gasteiger partial charge in [0.1, 0.15) is 17.8 Å². The average Bonchev–Trinajstić information content (AvgIpc) is 3.10. The Balaban J connectivity index is 1.59. The summed E-state index contributed by atoms with van der Waals surface area (Å²) < 4.78 is 27.5. The third-order valence-corrected chi connectivity index (χ3v) is 4.73. The van der Waals surface area contributed by atoms with Gasteiger partial charge in [0, 0.05) is 43.5 Å². The van der Waals surface area contributed by atoms with E-state index in [9.17, 15) is 13.6 Å². The number of rotatable bonds is 3. The van der Waals surface area contributed by atoms with Gasteiger partial charge in [0.2, 0.25) is 5.95 Å². The normalized spacial score (nSPS) is 15.1. The molecule has 9 nitrogen and oxygen atoms in total. The second kappa shape index (κ2) is 6.56. The molecule has 0 amide bonds. The Labute approximate surface area is 152 Å². The zero-order chi connectivity index (χ0) is 19.1. The number of hydrogen-bond acceptors (Lipinski definition) is 7. The summed E-state index contributed by atoms with van der Waals surface area (Å²) in [7, 11) is 0. The van der Waals surface area contributed by atoms with Crippen LogP contribution in [0.25, 0.3) is 5.78 Å². The summed E-state index contributed by atoms with van der Waals surface area (Å²) in [4.78, 5) is 30.6. The molecule has 142 valence electrons. The van der Waals surface area contributed by atoms with E-state index in [1.807, 2.05) is 13.8 Å². The first-order valence-electron chi connectivity index (χ1n) is 8.50. The minimum absolute atomic E-state index is 0.172. The highest BCUT2D eigenvalue weighted by molar-refractivity contribution is 5.55. The monoisotopic (exact) mass is 376 g/mol. The predicted octanol–water partition coefficient (Wildman–Crippen LogP) is 1.09. The zero-order valence-corrected chi connectivity index (χ0v) is 14.9. The van der Waals surface area contributed by atoms with E-state index in [0.717, 1.165) is 23.1 Å². The van der Waals surface area contributed by atoms with Gasteiger partial charge < -0.3 is 9.80 Å². The van der Waals surface area contributed by atoms with Gasteiger partial charge in [-0.15, -0.1) is 0 Å². The smallest absolute Gasteiger partial charge is 0.280 e. The maximum atomic E-state index is 12.9. The van der Waals surface area contributed by atoms with Crippen LogP contribution in [0.4, 0.5) is 20.5 Å². The minimum Gasteiger partial charge on any atom is -0.353 e. The van der Waals surface area contributed by atoms with Crippen LogP contribution >= 0.6 is 0 Å². The second-order valence-corrected chi connectivity index (χ2v) is 6.39. The molecule has 3 aromatic heterocycles. The van der Waals surface area contributed by atoms with Crippen molar-refractivity contribution in [1.29, 1.82) is 0 Å². The third kappa shape index (κ3) is 3.09. The van der Waals surface area contributed by atoms with Crippen LogP contribution in [0.5, 0.6) is 0 Å². The Morgan fingerprint density at radius 3 is 2.52 bits per heavy atom. The highest BCUT2D eigenvalue weighted by Crippen LogP contribution is 2.24. The van der Waals surface area contributed by atoms with Crippen LogP contribution in [0.15, 0.2) is 17.2 Å². The highest BCUT2D eigenvalue weighted by Gasteiger charge is 2.24. The molecule has 0 unspecified atom stereocenters. The van der Waals surface area contributed by atoms with E-state index in [2.05, 4.69) is 29.9 Å². The molecule has 0 radical (unpaired) electrons. The van der Waals surface area contributed by atoms with Crippen LogP contribution in [0.1, 0.15) is 23.4 Å². The van der Waals surface area contributed by atoms with E-state index in [1.54, 1.807) is 9.42 Å². The molecule has 0 bridgehead atoms. The highest BCUT2D eigenvalue weighted by atomic mass is 19.3. The lowest BCUT2D eigenvalue weighted by Crippen LogP contribution is -2.48. The van der Waals surface area contributed by atoms with Crippen molar-refractivity contribution in [2.24, 2.45) is 0 Å². The Hall–Kier alpha value is -3.11. The summed E-state index contributed by atoms with van der Waals surface area (Å²) in [5.41, 5.74) is 0.792. The van der Waals surface area contributed by atoms with Gasteiger partial charge in [-0.05, 0) is 13.8 Å². The van der Waals surface area contributed by atoms with Crippen molar-refractivity contribution < 1.29 is 8.78 Å². The van der Waals surface area contributed by atoms with Gasteiger partial charge in [0.05, 0.1) is 0 Å². The molecule has 1 fully saturated rings. The van der Waals surface area contributed by atoms with E-state index in [1.165, 1.54) is 6.33 Å². The van der Waals surface area contributed by atoms with Gasteiger partial charge in [-0.1, -0.05) is 0 Å². The molecule has 1 saturated heterocycles. The number of nitrogens with zero attached hydrogens (tertiary/aromatic N) is 7. The van der Waals surface area contributed by atoms with E-state index in [4.69, 9.17) is 0 Å². The molecule has 4 heterocycles. The molecule has 1 aliphatic rings. The molecule has 0 saturated carbocycles. The summed E-state index contributed by atoms with van der Waals surface area (Å²) in [6.45, 7) is 6.17. The Bertz CT molecular complexity index is 1040. The van der Waals surface area contributed by atoms with Crippen LogP contribution < -0.4 is 15.4 Å². The number of piperazine rings is 1. The SMILES string of the molecule is Cc1nc2ncnn2c(N2CCN(c3nc(C(F)F)cc(=O)[nH]3)CC2)c1C. The molecule has 0 atom stereocenters. The number of hydrogen-bond donors (Lipinski definition) is 1. The van der Waals surface area contributed by atoms with Crippen LogP contribution in [0, 0.1) is 13.8 Å². The lowest BCUT2D eigenvalue weighted by Gasteiger charge is -2.36. The molecule has 3 aromatic rings. The topological polar surface area (TPSA) is 95.3 Å². The van der Waals surface area contributed by atoms with Crippen molar-refractivity contribution in [3.8, 4) is 0 Å². The molecule has 4 rings (SSSR count). The van der Waals surface area contributed by atoms with Crippen molar-refractivity contribution >= 4 is 17.5 Å². The number of aromatic amines is 1. The second-order valence-electron chi connectivity index (χ2n) is 6.39. The van der Waals surface area contributed by atoms with Gasteiger partial charge >= 0.3 is 0 Å². The fourth-order valence-corrected chi connectivity index (χ4v) is 3.24. The largest absolute Gasteiger partial charge is 0.353 e. The van der Waals surface area contributed by atoms with E-state index in [0.29, 0.717) is 32.0 Å². The number of alkyl halides is 2. The van der Waals surface area contributed by atoms with Crippen molar-refractivity contribution in [2.75, 3.05) is 36.0 Å². The first kappa shape index (κ1) is 17.3. The minimum atomic E-state index is -2.78. The molecule has 27 heavy (non-hydrogen) atoms. The number of aryl methyl sites for hydroxylation is 1. The van der Waals surface area contributed by atoms with E-state index < -0.39 is 17.7 Å². The standard InChI is InChI=1S/C16H18F2N8O/c1-9-10(2)21-15-19-8-20-26(15)14(9)24-3-5-25(6-4-24)16-22-11(13(17)18)7-12(27)23-16/h7-8,13H,3-6H2,1-2H3,(H,22,23,27). The van der Waals surface area contributed by atoms with Crippen LogP contribution in [-0.4, -0.2) is 55.7 Å². The average molecular weight is 376 g/mol. The number of halogens is 2. The summed E-state index contributed by atoms with van der Waals surface area (Å²) >= 11 is 0.